The van der Waals surface area contributed by atoms with Crippen molar-refractivity contribution in [3.05, 3.63) is 18.0 Å². The van der Waals surface area contributed by atoms with Gasteiger partial charge < -0.3 is 4.74 Å². The van der Waals surface area contributed by atoms with Gasteiger partial charge in [-0.3, -0.25) is 10.00 Å². The second kappa shape index (κ2) is 5.65. The summed E-state index contributed by atoms with van der Waals surface area (Å²) >= 11 is 0. The monoisotopic (exact) mass is 225 g/mol. The lowest BCUT2D eigenvalue weighted by Crippen LogP contribution is -2.34. The minimum Gasteiger partial charge on any atom is -0.465 e. The van der Waals surface area contributed by atoms with E-state index < -0.39 is 6.04 Å². The molecule has 0 saturated carbocycles. The minimum atomic E-state index is -0.436. The Labute approximate surface area is 95.8 Å². The van der Waals surface area contributed by atoms with Crippen LogP contribution in [0.2, 0.25) is 0 Å². The van der Waals surface area contributed by atoms with Crippen molar-refractivity contribution in [3.8, 4) is 0 Å². The Morgan fingerprint density at radius 3 is 2.75 bits per heavy atom. The first kappa shape index (κ1) is 12.7. The van der Waals surface area contributed by atoms with E-state index >= 15 is 0 Å². The van der Waals surface area contributed by atoms with E-state index in [1.54, 1.807) is 17.8 Å². The van der Waals surface area contributed by atoms with Gasteiger partial charge in [-0.25, -0.2) is 4.79 Å². The molecule has 0 amide bonds. The van der Waals surface area contributed by atoms with Crippen LogP contribution < -0.4 is 5.32 Å². The summed E-state index contributed by atoms with van der Waals surface area (Å²) in [6.45, 7) is 6.16. The third-order valence-corrected chi connectivity index (χ3v) is 2.08. The third-order valence-electron chi connectivity index (χ3n) is 2.08. The molecule has 1 N–H and O–H groups in total. The largest absolute Gasteiger partial charge is 0.465 e. The minimum absolute atomic E-state index is 0.203. The van der Waals surface area contributed by atoms with Crippen LogP contribution in [0.4, 0.5) is 0 Å². The van der Waals surface area contributed by atoms with Crippen LogP contribution in [0.25, 0.3) is 0 Å². The fourth-order valence-electron chi connectivity index (χ4n) is 1.45. The number of carbonyl (C=O) groups is 1. The van der Waals surface area contributed by atoms with Crippen molar-refractivity contribution in [2.75, 3.05) is 6.61 Å². The first-order valence-corrected chi connectivity index (χ1v) is 5.45. The van der Waals surface area contributed by atoms with Crippen LogP contribution >= 0.6 is 0 Å². The molecule has 5 nitrogen and oxygen atoms in total. The van der Waals surface area contributed by atoms with E-state index in [0.29, 0.717) is 6.61 Å². The maximum absolute atomic E-state index is 11.8. The van der Waals surface area contributed by atoms with Crippen LogP contribution in [0.5, 0.6) is 0 Å². The molecular weight excluding hydrogens is 206 g/mol. The molecule has 5 heteroatoms. The van der Waals surface area contributed by atoms with Crippen LogP contribution in [0, 0.1) is 0 Å². The van der Waals surface area contributed by atoms with Crippen LogP contribution in [0.1, 0.15) is 32.4 Å². The Morgan fingerprint density at radius 2 is 2.31 bits per heavy atom. The predicted molar refractivity (Wildman–Crippen MR) is 60.9 cm³/mol. The van der Waals surface area contributed by atoms with Crippen LogP contribution in [-0.2, 0) is 16.6 Å². The molecule has 1 aromatic rings. The number of rotatable bonds is 5. The smallest absolute Gasteiger partial charge is 0.327 e. The summed E-state index contributed by atoms with van der Waals surface area (Å²) in [4.78, 5) is 11.8. The number of esters is 1. The summed E-state index contributed by atoms with van der Waals surface area (Å²) < 4.78 is 6.70. The molecule has 1 aromatic heterocycles. The Bertz CT molecular complexity index is 347. The van der Waals surface area contributed by atoms with E-state index in [4.69, 9.17) is 4.74 Å². The van der Waals surface area contributed by atoms with E-state index in [2.05, 4.69) is 10.4 Å². The number of nitrogens with zero attached hydrogens (tertiary/aromatic N) is 2. The van der Waals surface area contributed by atoms with Crippen molar-refractivity contribution in [1.29, 1.82) is 0 Å². The lowest BCUT2D eigenvalue weighted by Gasteiger charge is -2.18. The molecule has 0 aliphatic rings. The highest BCUT2D eigenvalue weighted by atomic mass is 16.5. The van der Waals surface area contributed by atoms with Crippen molar-refractivity contribution in [3.63, 3.8) is 0 Å². The third kappa shape index (κ3) is 3.34. The molecule has 0 aromatic carbocycles. The number of aryl methyl sites for hydroxylation is 1. The van der Waals surface area contributed by atoms with Crippen molar-refractivity contribution < 1.29 is 9.53 Å². The van der Waals surface area contributed by atoms with E-state index in [-0.39, 0.29) is 12.0 Å². The lowest BCUT2D eigenvalue weighted by molar-refractivity contribution is -0.146. The van der Waals surface area contributed by atoms with Gasteiger partial charge in [-0.15, -0.1) is 0 Å². The van der Waals surface area contributed by atoms with Gasteiger partial charge in [0.05, 0.1) is 12.8 Å². The van der Waals surface area contributed by atoms with Crippen molar-refractivity contribution in [2.24, 2.45) is 7.05 Å². The normalized spacial score (nSPS) is 12.8. The fourth-order valence-corrected chi connectivity index (χ4v) is 1.45. The van der Waals surface area contributed by atoms with E-state index in [1.165, 1.54) is 0 Å². The van der Waals surface area contributed by atoms with Crippen molar-refractivity contribution in [1.82, 2.24) is 15.1 Å². The number of nitrogens with one attached hydrogen (secondary N) is 1. The van der Waals surface area contributed by atoms with Crippen LogP contribution in [0.15, 0.2) is 12.4 Å². The Kier molecular flexibility index (Phi) is 4.49. The Balaban J connectivity index is 2.82. The zero-order valence-corrected chi connectivity index (χ0v) is 10.2. The van der Waals surface area contributed by atoms with Gasteiger partial charge in [-0.1, -0.05) is 0 Å². The zero-order valence-electron chi connectivity index (χ0n) is 10.2. The predicted octanol–water partition coefficient (Wildman–Crippen LogP) is 1.02. The van der Waals surface area contributed by atoms with Crippen molar-refractivity contribution in [2.45, 2.75) is 32.9 Å². The quantitative estimate of drug-likeness (QED) is 0.760. The maximum atomic E-state index is 11.8. The molecule has 0 aliphatic heterocycles. The second-order valence-corrected chi connectivity index (χ2v) is 3.95. The maximum Gasteiger partial charge on any atom is 0.327 e. The van der Waals surface area contributed by atoms with Crippen LogP contribution in [0.3, 0.4) is 0 Å². The summed E-state index contributed by atoms with van der Waals surface area (Å²) in [6, 6.07) is -0.233. The van der Waals surface area contributed by atoms with Gasteiger partial charge >= 0.3 is 5.97 Å². The van der Waals surface area contributed by atoms with Gasteiger partial charge in [0.2, 0.25) is 0 Å². The number of aromatic nitrogens is 2. The molecule has 1 atom stereocenters. The second-order valence-electron chi connectivity index (χ2n) is 3.95. The molecule has 0 aliphatic carbocycles. The average Bonchev–Trinajstić information content (AvgIpc) is 2.61. The van der Waals surface area contributed by atoms with E-state index in [9.17, 15) is 4.79 Å². The van der Waals surface area contributed by atoms with E-state index in [0.717, 1.165) is 5.56 Å². The van der Waals surface area contributed by atoms with Gasteiger partial charge in [0, 0.05) is 24.8 Å². The topological polar surface area (TPSA) is 56.1 Å². The number of hydrogen-bond donors (Lipinski definition) is 1. The highest BCUT2D eigenvalue weighted by molar-refractivity contribution is 5.77. The van der Waals surface area contributed by atoms with E-state index in [1.807, 2.05) is 27.1 Å². The molecule has 0 fully saturated rings. The molecule has 0 saturated heterocycles. The molecular formula is C11H19N3O2. The van der Waals surface area contributed by atoms with Crippen LogP contribution in [-0.4, -0.2) is 28.4 Å². The van der Waals surface area contributed by atoms with Crippen molar-refractivity contribution >= 4 is 5.97 Å². The zero-order chi connectivity index (χ0) is 12.1. The molecule has 1 rings (SSSR count). The molecule has 0 spiro atoms. The Morgan fingerprint density at radius 1 is 1.62 bits per heavy atom. The summed E-state index contributed by atoms with van der Waals surface area (Å²) in [6.07, 6.45) is 3.49. The summed E-state index contributed by atoms with van der Waals surface area (Å²) in [7, 11) is 1.82. The molecule has 0 radical (unpaired) electrons. The SMILES string of the molecule is CCOC(=O)C(NC(C)C)c1cnn(C)c1. The fraction of sp³-hybridized carbons (Fsp3) is 0.636. The highest BCUT2D eigenvalue weighted by Crippen LogP contribution is 2.14. The van der Waals surface area contributed by atoms with Gasteiger partial charge in [0.25, 0.3) is 0 Å². The summed E-state index contributed by atoms with van der Waals surface area (Å²) in [5, 5.41) is 7.22. The average molecular weight is 225 g/mol. The molecule has 1 heterocycles. The first-order chi connectivity index (χ1) is 7.54. The number of hydrogen-bond acceptors (Lipinski definition) is 4. The molecule has 90 valence electrons. The molecule has 0 bridgehead atoms. The van der Waals surface area contributed by atoms with Gasteiger partial charge in [0.15, 0.2) is 0 Å². The highest BCUT2D eigenvalue weighted by Gasteiger charge is 2.23. The standard InChI is InChI=1S/C11H19N3O2/c1-5-16-11(15)10(13-8(2)3)9-6-12-14(4)7-9/h6-8,10,13H,5H2,1-4H3. The first-order valence-electron chi connectivity index (χ1n) is 5.45. The number of carbonyl (C=O) groups excluding carboxylic acids is 1. The summed E-state index contributed by atoms with van der Waals surface area (Å²) in [5.41, 5.74) is 0.828. The number of ether oxygens (including phenoxy) is 1. The summed E-state index contributed by atoms with van der Waals surface area (Å²) in [5.74, 6) is -0.260. The van der Waals surface area contributed by atoms with Gasteiger partial charge in [0.1, 0.15) is 6.04 Å². The van der Waals surface area contributed by atoms with Gasteiger partial charge in [-0.2, -0.15) is 5.10 Å². The molecule has 1 unspecified atom stereocenters. The molecule has 16 heavy (non-hydrogen) atoms. The van der Waals surface area contributed by atoms with Gasteiger partial charge in [-0.05, 0) is 20.8 Å². The Hall–Kier alpha value is -1.36. The lowest BCUT2D eigenvalue weighted by atomic mass is 10.1.